The molecule has 0 fully saturated rings. The lowest BCUT2D eigenvalue weighted by molar-refractivity contribution is 0.261. The Labute approximate surface area is 124 Å². The van der Waals surface area contributed by atoms with E-state index in [2.05, 4.69) is 20.8 Å². The van der Waals surface area contributed by atoms with Crippen LogP contribution in [-0.4, -0.2) is 16.2 Å². The third-order valence-electron chi connectivity index (χ3n) is 2.72. The van der Waals surface area contributed by atoms with E-state index >= 15 is 0 Å². The number of amides is 2. The molecular formula is C14H12N4O2S. The number of carbonyl (C=O) groups excluding carboxylic acids is 1. The lowest BCUT2D eigenvalue weighted by atomic mass is 10.2. The molecule has 2 N–H and O–H groups in total. The number of benzene rings is 1. The lowest BCUT2D eigenvalue weighted by Gasteiger charge is -2.04. The topological polar surface area (TPSA) is 80.0 Å². The van der Waals surface area contributed by atoms with Crippen molar-refractivity contribution in [3.05, 3.63) is 46.7 Å². The average Bonchev–Trinajstić information content (AvgIpc) is 3.12. The van der Waals surface area contributed by atoms with E-state index in [1.165, 1.54) is 11.3 Å². The first-order valence-corrected chi connectivity index (χ1v) is 7.16. The minimum Gasteiger partial charge on any atom is -0.403 e. The predicted octanol–water partition coefficient (Wildman–Crippen LogP) is 3.75. The van der Waals surface area contributed by atoms with Crippen molar-refractivity contribution < 1.29 is 9.21 Å². The number of aromatic nitrogens is 2. The van der Waals surface area contributed by atoms with E-state index in [0.717, 1.165) is 11.1 Å². The fourth-order valence-electron chi connectivity index (χ4n) is 1.67. The molecule has 7 heteroatoms. The summed E-state index contributed by atoms with van der Waals surface area (Å²) in [4.78, 5) is 11.8. The number of nitrogens with zero attached hydrogens (tertiary/aromatic N) is 2. The molecule has 0 spiro atoms. The summed E-state index contributed by atoms with van der Waals surface area (Å²) in [6, 6.07) is 8.96. The molecule has 0 bridgehead atoms. The Kier molecular flexibility index (Phi) is 3.65. The molecule has 6 nitrogen and oxygen atoms in total. The number of aryl methyl sites for hydroxylation is 1. The van der Waals surface area contributed by atoms with Crippen LogP contribution in [-0.2, 0) is 0 Å². The zero-order valence-corrected chi connectivity index (χ0v) is 12.0. The van der Waals surface area contributed by atoms with Crippen molar-refractivity contribution in [2.75, 3.05) is 10.6 Å². The third kappa shape index (κ3) is 3.26. The SMILES string of the molecule is Cc1ccc(NC(=O)Nc2nnc(-c3ccsc3)o2)cc1. The fraction of sp³-hybridized carbons (Fsp3) is 0.0714. The first-order chi connectivity index (χ1) is 10.2. The highest BCUT2D eigenvalue weighted by atomic mass is 32.1. The van der Waals surface area contributed by atoms with Gasteiger partial charge in [-0.25, -0.2) is 4.79 Å². The van der Waals surface area contributed by atoms with Gasteiger partial charge in [0.15, 0.2) is 0 Å². The van der Waals surface area contributed by atoms with E-state index in [1.54, 1.807) is 0 Å². The molecule has 2 amide bonds. The van der Waals surface area contributed by atoms with E-state index in [0.29, 0.717) is 11.6 Å². The van der Waals surface area contributed by atoms with Gasteiger partial charge in [0.05, 0.1) is 0 Å². The second kappa shape index (κ2) is 5.76. The lowest BCUT2D eigenvalue weighted by Crippen LogP contribution is -2.19. The Bertz CT molecular complexity index is 735. The summed E-state index contributed by atoms with van der Waals surface area (Å²) in [5.41, 5.74) is 2.65. The van der Waals surface area contributed by atoms with E-state index in [-0.39, 0.29) is 6.01 Å². The van der Waals surface area contributed by atoms with Crippen molar-refractivity contribution in [2.45, 2.75) is 6.92 Å². The minimum atomic E-state index is -0.431. The molecule has 0 aliphatic carbocycles. The van der Waals surface area contributed by atoms with Gasteiger partial charge in [-0.3, -0.25) is 5.32 Å². The van der Waals surface area contributed by atoms with Crippen molar-refractivity contribution in [1.82, 2.24) is 10.2 Å². The van der Waals surface area contributed by atoms with Gasteiger partial charge in [-0.15, -0.1) is 5.10 Å². The predicted molar refractivity (Wildman–Crippen MR) is 81.4 cm³/mol. The zero-order valence-electron chi connectivity index (χ0n) is 11.2. The summed E-state index contributed by atoms with van der Waals surface area (Å²) in [6.45, 7) is 1.98. The number of thiophene rings is 1. The monoisotopic (exact) mass is 300 g/mol. The van der Waals surface area contributed by atoms with Crippen LogP contribution < -0.4 is 10.6 Å². The summed E-state index contributed by atoms with van der Waals surface area (Å²) in [7, 11) is 0. The number of urea groups is 1. The van der Waals surface area contributed by atoms with Gasteiger partial charge in [-0.1, -0.05) is 22.8 Å². The molecule has 0 atom stereocenters. The average molecular weight is 300 g/mol. The van der Waals surface area contributed by atoms with Crippen LogP contribution in [0.15, 0.2) is 45.5 Å². The third-order valence-corrected chi connectivity index (χ3v) is 3.41. The van der Waals surface area contributed by atoms with Crippen LogP contribution in [0, 0.1) is 6.92 Å². The summed E-state index contributed by atoms with van der Waals surface area (Å²) in [6.07, 6.45) is 0. The van der Waals surface area contributed by atoms with Crippen LogP contribution in [0.2, 0.25) is 0 Å². The molecule has 0 unspecified atom stereocenters. The maximum absolute atomic E-state index is 11.8. The Balaban J connectivity index is 1.64. The molecular weight excluding hydrogens is 288 g/mol. The number of hydrogen-bond acceptors (Lipinski definition) is 5. The Morgan fingerprint density at radius 3 is 2.67 bits per heavy atom. The van der Waals surface area contributed by atoms with Gasteiger partial charge >= 0.3 is 12.0 Å². The van der Waals surface area contributed by atoms with Gasteiger partial charge in [0, 0.05) is 16.6 Å². The van der Waals surface area contributed by atoms with Crippen molar-refractivity contribution >= 4 is 29.1 Å². The summed E-state index contributed by atoms with van der Waals surface area (Å²) in [5.74, 6) is 0.377. The molecule has 106 valence electrons. The maximum Gasteiger partial charge on any atom is 0.327 e. The second-order valence-electron chi connectivity index (χ2n) is 4.37. The molecule has 3 aromatic rings. The largest absolute Gasteiger partial charge is 0.403 e. The van der Waals surface area contributed by atoms with Gasteiger partial charge in [-0.2, -0.15) is 11.3 Å². The minimum absolute atomic E-state index is 0.0563. The highest BCUT2D eigenvalue weighted by Gasteiger charge is 2.11. The number of rotatable bonds is 3. The Hall–Kier alpha value is -2.67. The second-order valence-corrected chi connectivity index (χ2v) is 5.15. The van der Waals surface area contributed by atoms with Gasteiger partial charge in [0.1, 0.15) is 0 Å². The molecule has 0 saturated heterocycles. The molecule has 0 aliphatic rings. The molecule has 1 aromatic carbocycles. The highest BCUT2D eigenvalue weighted by molar-refractivity contribution is 7.08. The summed E-state index contributed by atoms with van der Waals surface area (Å²) in [5, 5.41) is 16.7. The quantitative estimate of drug-likeness (QED) is 0.772. The zero-order chi connectivity index (χ0) is 14.7. The number of anilines is 2. The molecule has 2 aromatic heterocycles. The number of hydrogen-bond donors (Lipinski definition) is 2. The summed E-state index contributed by atoms with van der Waals surface area (Å²) >= 11 is 1.53. The van der Waals surface area contributed by atoms with Gasteiger partial charge < -0.3 is 9.73 Å². The van der Waals surface area contributed by atoms with Crippen molar-refractivity contribution in [2.24, 2.45) is 0 Å². The van der Waals surface area contributed by atoms with Crippen LogP contribution in [0.5, 0.6) is 0 Å². The fourth-order valence-corrected chi connectivity index (χ4v) is 2.30. The van der Waals surface area contributed by atoms with Crippen LogP contribution in [0.25, 0.3) is 11.5 Å². The number of nitrogens with one attached hydrogen (secondary N) is 2. The van der Waals surface area contributed by atoms with Gasteiger partial charge in [0.25, 0.3) is 5.89 Å². The van der Waals surface area contributed by atoms with Gasteiger partial charge in [0.2, 0.25) is 0 Å². The highest BCUT2D eigenvalue weighted by Crippen LogP contribution is 2.22. The standard InChI is InChI=1S/C14H12N4O2S/c1-9-2-4-11(5-3-9)15-13(19)16-14-18-17-12(20-14)10-6-7-21-8-10/h2-8H,1H3,(H2,15,16,18,19). The van der Waals surface area contributed by atoms with Crippen molar-refractivity contribution in [1.29, 1.82) is 0 Å². The smallest absolute Gasteiger partial charge is 0.327 e. The van der Waals surface area contributed by atoms with Crippen LogP contribution >= 0.6 is 11.3 Å². The molecule has 3 rings (SSSR count). The van der Waals surface area contributed by atoms with Crippen molar-refractivity contribution in [3.8, 4) is 11.5 Å². The number of carbonyl (C=O) groups is 1. The van der Waals surface area contributed by atoms with E-state index in [9.17, 15) is 4.79 Å². The normalized spacial score (nSPS) is 10.3. The molecule has 21 heavy (non-hydrogen) atoms. The molecule has 0 saturated carbocycles. The first-order valence-electron chi connectivity index (χ1n) is 6.21. The van der Waals surface area contributed by atoms with Crippen LogP contribution in [0.1, 0.15) is 5.56 Å². The summed E-state index contributed by atoms with van der Waals surface area (Å²) < 4.78 is 5.37. The maximum atomic E-state index is 11.8. The van der Waals surface area contributed by atoms with E-state index in [4.69, 9.17) is 4.42 Å². The van der Waals surface area contributed by atoms with Gasteiger partial charge in [-0.05, 0) is 30.5 Å². The molecule has 0 radical (unpaired) electrons. The Morgan fingerprint density at radius 1 is 1.14 bits per heavy atom. The van der Waals surface area contributed by atoms with Crippen LogP contribution in [0.3, 0.4) is 0 Å². The van der Waals surface area contributed by atoms with E-state index < -0.39 is 6.03 Å². The van der Waals surface area contributed by atoms with E-state index in [1.807, 2.05) is 48.0 Å². The molecule has 0 aliphatic heterocycles. The van der Waals surface area contributed by atoms with Crippen molar-refractivity contribution in [3.63, 3.8) is 0 Å². The molecule has 2 heterocycles. The van der Waals surface area contributed by atoms with Crippen LogP contribution in [0.4, 0.5) is 16.5 Å². The first kappa shape index (κ1) is 13.3. The Morgan fingerprint density at radius 2 is 1.95 bits per heavy atom.